The molecular formula is C24H30N2O4. The van der Waals surface area contributed by atoms with E-state index in [0.29, 0.717) is 36.4 Å². The van der Waals surface area contributed by atoms with E-state index in [1.165, 1.54) is 6.42 Å². The monoisotopic (exact) mass is 410 g/mol. The van der Waals surface area contributed by atoms with Crippen molar-refractivity contribution >= 4 is 11.8 Å². The van der Waals surface area contributed by atoms with Gasteiger partial charge < -0.3 is 19.7 Å². The van der Waals surface area contributed by atoms with Gasteiger partial charge in [0.05, 0.1) is 14.2 Å². The highest BCUT2D eigenvalue weighted by Gasteiger charge is 2.18. The molecule has 2 amide bonds. The zero-order chi connectivity index (χ0) is 21.3. The number of likely N-dealkylation sites (tertiary alicyclic amines) is 1. The SMILES string of the molecule is COc1ccc(CCC(=O)NCc2cccc(C(=O)N3CCCCC3)c2)cc1OC. The summed E-state index contributed by atoms with van der Waals surface area (Å²) in [6.45, 7) is 2.07. The van der Waals surface area contributed by atoms with Crippen molar-refractivity contribution in [2.24, 2.45) is 0 Å². The third-order valence-corrected chi connectivity index (χ3v) is 5.40. The van der Waals surface area contributed by atoms with Gasteiger partial charge >= 0.3 is 0 Å². The first-order valence-electron chi connectivity index (χ1n) is 10.5. The molecule has 0 aromatic heterocycles. The Morgan fingerprint density at radius 2 is 1.70 bits per heavy atom. The van der Waals surface area contributed by atoms with Crippen LogP contribution >= 0.6 is 0 Å². The molecule has 6 nitrogen and oxygen atoms in total. The lowest BCUT2D eigenvalue weighted by molar-refractivity contribution is -0.121. The Morgan fingerprint density at radius 3 is 2.43 bits per heavy atom. The van der Waals surface area contributed by atoms with E-state index in [9.17, 15) is 9.59 Å². The summed E-state index contributed by atoms with van der Waals surface area (Å²) in [6.07, 6.45) is 4.32. The van der Waals surface area contributed by atoms with Crippen molar-refractivity contribution in [3.05, 3.63) is 59.2 Å². The van der Waals surface area contributed by atoms with Gasteiger partial charge in [-0.15, -0.1) is 0 Å². The van der Waals surface area contributed by atoms with E-state index in [1.807, 2.05) is 47.4 Å². The molecule has 2 aromatic rings. The third kappa shape index (κ3) is 5.75. The van der Waals surface area contributed by atoms with Crippen LogP contribution in [-0.4, -0.2) is 44.0 Å². The maximum atomic E-state index is 12.7. The molecule has 160 valence electrons. The summed E-state index contributed by atoms with van der Waals surface area (Å²) in [5, 5.41) is 2.95. The molecule has 6 heteroatoms. The lowest BCUT2D eigenvalue weighted by atomic mass is 10.1. The smallest absolute Gasteiger partial charge is 0.253 e. The molecule has 1 aliphatic heterocycles. The summed E-state index contributed by atoms with van der Waals surface area (Å²) >= 11 is 0. The molecule has 1 saturated heterocycles. The van der Waals surface area contributed by atoms with Gasteiger partial charge in [0.15, 0.2) is 11.5 Å². The number of hydrogen-bond donors (Lipinski definition) is 1. The lowest BCUT2D eigenvalue weighted by Gasteiger charge is -2.26. The van der Waals surface area contributed by atoms with Gasteiger partial charge in [0.2, 0.25) is 5.91 Å². The minimum atomic E-state index is -0.0301. The summed E-state index contributed by atoms with van der Waals surface area (Å²) < 4.78 is 10.5. The number of piperidine rings is 1. The van der Waals surface area contributed by atoms with Crippen LogP contribution in [0.5, 0.6) is 11.5 Å². The summed E-state index contributed by atoms with van der Waals surface area (Å²) in [5.41, 5.74) is 2.63. The number of carbonyl (C=O) groups is 2. The highest BCUT2D eigenvalue weighted by molar-refractivity contribution is 5.94. The van der Waals surface area contributed by atoms with Crippen molar-refractivity contribution in [2.75, 3.05) is 27.3 Å². The summed E-state index contributed by atoms with van der Waals surface area (Å²) in [7, 11) is 3.19. The van der Waals surface area contributed by atoms with Crippen LogP contribution in [0.15, 0.2) is 42.5 Å². The number of hydrogen-bond acceptors (Lipinski definition) is 4. The Morgan fingerprint density at radius 1 is 0.933 bits per heavy atom. The van der Waals surface area contributed by atoms with Crippen LogP contribution in [0.3, 0.4) is 0 Å². The first kappa shape index (κ1) is 21.7. The third-order valence-electron chi connectivity index (χ3n) is 5.40. The molecule has 1 heterocycles. The number of rotatable bonds is 8. The predicted molar refractivity (Wildman–Crippen MR) is 116 cm³/mol. The zero-order valence-electron chi connectivity index (χ0n) is 17.8. The van der Waals surface area contributed by atoms with Crippen LogP contribution in [0.1, 0.15) is 47.2 Å². The second-order valence-electron chi connectivity index (χ2n) is 7.52. The maximum absolute atomic E-state index is 12.7. The van der Waals surface area contributed by atoms with E-state index >= 15 is 0 Å². The Kier molecular flexibility index (Phi) is 7.71. The van der Waals surface area contributed by atoms with Crippen molar-refractivity contribution in [3.63, 3.8) is 0 Å². The molecule has 0 spiro atoms. The van der Waals surface area contributed by atoms with Crippen LogP contribution in [-0.2, 0) is 17.8 Å². The quantitative estimate of drug-likeness (QED) is 0.722. The Labute approximate surface area is 178 Å². The predicted octanol–water partition coefficient (Wildman–Crippen LogP) is 3.58. The molecular weight excluding hydrogens is 380 g/mol. The van der Waals surface area contributed by atoms with Crippen LogP contribution in [0.4, 0.5) is 0 Å². The Bertz CT molecular complexity index is 875. The molecule has 0 atom stereocenters. The maximum Gasteiger partial charge on any atom is 0.253 e. The average molecular weight is 411 g/mol. The molecule has 0 aliphatic carbocycles. The van der Waals surface area contributed by atoms with E-state index in [1.54, 1.807) is 14.2 Å². The van der Waals surface area contributed by atoms with Gasteiger partial charge in [-0.2, -0.15) is 0 Å². The van der Waals surface area contributed by atoms with Gasteiger partial charge in [-0.3, -0.25) is 9.59 Å². The van der Waals surface area contributed by atoms with Crippen LogP contribution < -0.4 is 14.8 Å². The number of amides is 2. The van der Waals surface area contributed by atoms with E-state index in [0.717, 1.165) is 37.1 Å². The number of carbonyl (C=O) groups excluding carboxylic acids is 2. The minimum Gasteiger partial charge on any atom is -0.493 e. The second-order valence-corrected chi connectivity index (χ2v) is 7.52. The molecule has 0 unspecified atom stereocenters. The number of methoxy groups -OCH3 is 2. The molecule has 2 aromatic carbocycles. The molecule has 1 aliphatic rings. The van der Waals surface area contributed by atoms with Gasteiger partial charge in [0.1, 0.15) is 0 Å². The van der Waals surface area contributed by atoms with Crippen molar-refractivity contribution in [1.82, 2.24) is 10.2 Å². The number of ether oxygens (including phenoxy) is 2. The molecule has 30 heavy (non-hydrogen) atoms. The molecule has 1 fully saturated rings. The van der Waals surface area contributed by atoms with Gasteiger partial charge in [-0.1, -0.05) is 18.2 Å². The van der Waals surface area contributed by atoms with Crippen molar-refractivity contribution in [2.45, 2.75) is 38.6 Å². The first-order valence-corrected chi connectivity index (χ1v) is 10.5. The van der Waals surface area contributed by atoms with E-state index in [2.05, 4.69) is 5.32 Å². The van der Waals surface area contributed by atoms with Gasteiger partial charge in [0, 0.05) is 31.6 Å². The summed E-state index contributed by atoms with van der Waals surface area (Å²) in [5.74, 6) is 1.38. The molecule has 0 bridgehead atoms. The van der Waals surface area contributed by atoms with Gasteiger partial charge in [-0.25, -0.2) is 0 Å². The standard InChI is InChI=1S/C24H30N2O4/c1-29-21-11-9-18(16-22(21)30-2)10-12-23(27)25-17-19-7-6-8-20(15-19)24(28)26-13-4-3-5-14-26/h6-9,11,15-16H,3-5,10,12-14,17H2,1-2H3,(H,25,27). The lowest BCUT2D eigenvalue weighted by Crippen LogP contribution is -2.35. The van der Waals surface area contributed by atoms with Crippen LogP contribution in [0.2, 0.25) is 0 Å². The van der Waals surface area contributed by atoms with Crippen LogP contribution in [0, 0.1) is 0 Å². The molecule has 0 saturated carbocycles. The largest absolute Gasteiger partial charge is 0.493 e. The Balaban J connectivity index is 1.50. The fourth-order valence-electron chi connectivity index (χ4n) is 3.68. The highest BCUT2D eigenvalue weighted by atomic mass is 16.5. The second kappa shape index (κ2) is 10.7. The molecule has 3 rings (SSSR count). The normalized spacial score (nSPS) is 13.6. The van der Waals surface area contributed by atoms with Crippen LogP contribution in [0.25, 0.3) is 0 Å². The topological polar surface area (TPSA) is 67.9 Å². The zero-order valence-corrected chi connectivity index (χ0v) is 17.8. The number of benzene rings is 2. The fourth-order valence-corrected chi connectivity index (χ4v) is 3.68. The molecule has 1 N–H and O–H groups in total. The van der Waals surface area contributed by atoms with Gasteiger partial charge in [-0.05, 0) is 61.1 Å². The van der Waals surface area contributed by atoms with E-state index in [-0.39, 0.29) is 11.8 Å². The Hall–Kier alpha value is -3.02. The minimum absolute atomic E-state index is 0.0301. The van der Waals surface area contributed by atoms with Crippen molar-refractivity contribution in [1.29, 1.82) is 0 Å². The number of nitrogens with one attached hydrogen (secondary N) is 1. The molecule has 0 radical (unpaired) electrons. The summed E-state index contributed by atoms with van der Waals surface area (Å²) in [4.78, 5) is 26.9. The summed E-state index contributed by atoms with van der Waals surface area (Å²) in [6, 6.07) is 13.2. The van der Waals surface area contributed by atoms with Gasteiger partial charge in [0.25, 0.3) is 5.91 Å². The highest BCUT2D eigenvalue weighted by Crippen LogP contribution is 2.28. The number of aryl methyl sites for hydroxylation is 1. The van der Waals surface area contributed by atoms with E-state index < -0.39 is 0 Å². The van der Waals surface area contributed by atoms with Crippen molar-refractivity contribution < 1.29 is 19.1 Å². The first-order chi connectivity index (χ1) is 14.6. The average Bonchev–Trinajstić information content (AvgIpc) is 2.81. The fraction of sp³-hybridized carbons (Fsp3) is 0.417. The van der Waals surface area contributed by atoms with E-state index in [4.69, 9.17) is 9.47 Å². The number of nitrogens with zero attached hydrogens (tertiary/aromatic N) is 1. The van der Waals surface area contributed by atoms with Crippen molar-refractivity contribution in [3.8, 4) is 11.5 Å².